The van der Waals surface area contributed by atoms with Crippen molar-refractivity contribution in [1.29, 1.82) is 0 Å². The minimum absolute atomic E-state index is 0.0708. The molecule has 0 fully saturated rings. The van der Waals surface area contributed by atoms with E-state index in [0.29, 0.717) is 31.3 Å². The van der Waals surface area contributed by atoms with Crippen LogP contribution in [0.3, 0.4) is 0 Å². The number of nitrogens with zero attached hydrogens (tertiary/aromatic N) is 2. The molecule has 2 rings (SSSR count). The van der Waals surface area contributed by atoms with Gasteiger partial charge < -0.3 is 10.6 Å². The zero-order chi connectivity index (χ0) is 15.2. The van der Waals surface area contributed by atoms with Crippen LogP contribution in [0.15, 0.2) is 18.2 Å². The zero-order valence-electron chi connectivity index (χ0n) is 11.4. The van der Waals surface area contributed by atoms with Crippen LogP contribution in [0.4, 0.5) is 19.3 Å². The van der Waals surface area contributed by atoms with Gasteiger partial charge in [0.2, 0.25) is 0 Å². The number of aromatic nitrogens is 3. The van der Waals surface area contributed by atoms with Crippen molar-refractivity contribution in [1.82, 2.24) is 20.5 Å². The summed E-state index contributed by atoms with van der Waals surface area (Å²) >= 11 is 0. The molecule has 2 aromatic rings. The fourth-order valence-corrected chi connectivity index (χ4v) is 1.71. The lowest BCUT2D eigenvalue weighted by Gasteiger charge is -2.07. The molecule has 3 N–H and O–H groups in total. The Kier molecular flexibility index (Phi) is 4.81. The second-order valence-corrected chi connectivity index (χ2v) is 4.45. The first-order valence-corrected chi connectivity index (χ1v) is 6.42. The Balaban J connectivity index is 1.72. The van der Waals surface area contributed by atoms with Gasteiger partial charge in [-0.05, 0) is 25.5 Å². The molecular weight excluding hydrogens is 280 g/mol. The maximum absolute atomic E-state index is 13.3. The minimum atomic E-state index is -0.818. The molecule has 2 amide bonds. The molecule has 1 aromatic heterocycles. The van der Waals surface area contributed by atoms with Crippen molar-refractivity contribution in [3.63, 3.8) is 0 Å². The molecule has 1 heterocycles. The number of amides is 2. The highest BCUT2D eigenvalue weighted by atomic mass is 19.1. The van der Waals surface area contributed by atoms with E-state index in [1.165, 1.54) is 6.07 Å². The number of nitrogens with one attached hydrogen (secondary N) is 3. The number of hydrogen-bond donors (Lipinski definition) is 3. The Morgan fingerprint density at radius 3 is 2.86 bits per heavy atom. The molecule has 8 heteroatoms. The van der Waals surface area contributed by atoms with Gasteiger partial charge in [-0.25, -0.2) is 18.6 Å². The van der Waals surface area contributed by atoms with E-state index in [4.69, 9.17) is 0 Å². The van der Waals surface area contributed by atoms with E-state index in [9.17, 15) is 13.6 Å². The molecule has 0 bridgehead atoms. The van der Waals surface area contributed by atoms with Crippen LogP contribution < -0.4 is 10.6 Å². The SMILES string of the molecule is Cc1nc(CCCNC(=O)Nc2ccc(F)cc2F)n[nH]1. The van der Waals surface area contributed by atoms with Crippen molar-refractivity contribution in [2.45, 2.75) is 19.8 Å². The molecule has 0 atom stereocenters. The van der Waals surface area contributed by atoms with Crippen LogP contribution in [0, 0.1) is 18.6 Å². The number of urea groups is 1. The average molecular weight is 295 g/mol. The minimum Gasteiger partial charge on any atom is -0.338 e. The molecule has 1 aromatic carbocycles. The molecule has 112 valence electrons. The van der Waals surface area contributed by atoms with Gasteiger partial charge in [0.15, 0.2) is 5.82 Å². The lowest BCUT2D eigenvalue weighted by atomic mass is 10.3. The van der Waals surface area contributed by atoms with Gasteiger partial charge in [0.1, 0.15) is 17.5 Å². The quantitative estimate of drug-likeness (QED) is 0.739. The Labute approximate surface area is 120 Å². The number of aromatic amines is 1. The van der Waals surface area contributed by atoms with Gasteiger partial charge in [-0.1, -0.05) is 0 Å². The lowest BCUT2D eigenvalue weighted by Crippen LogP contribution is -2.30. The number of benzene rings is 1. The van der Waals surface area contributed by atoms with Crippen LogP contribution in [-0.2, 0) is 6.42 Å². The topological polar surface area (TPSA) is 82.7 Å². The van der Waals surface area contributed by atoms with E-state index in [-0.39, 0.29) is 5.69 Å². The summed E-state index contributed by atoms with van der Waals surface area (Å²) in [7, 11) is 0. The number of hydrogen-bond acceptors (Lipinski definition) is 3. The van der Waals surface area contributed by atoms with Gasteiger partial charge in [0.05, 0.1) is 5.69 Å². The third-order valence-electron chi connectivity index (χ3n) is 2.69. The fraction of sp³-hybridized carbons (Fsp3) is 0.308. The first-order valence-electron chi connectivity index (χ1n) is 6.42. The molecule has 0 spiro atoms. The van der Waals surface area contributed by atoms with E-state index in [1.807, 2.05) is 0 Å². The summed E-state index contributed by atoms with van der Waals surface area (Å²) < 4.78 is 26.0. The summed E-state index contributed by atoms with van der Waals surface area (Å²) in [5.74, 6) is -0.0941. The Hall–Kier alpha value is -2.51. The summed E-state index contributed by atoms with van der Waals surface area (Å²) in [5.41, 5.74) is -0.0708. The van der Waals surface area contributed by atoms with Crippen molar-refractivity contribution < 1.29 is 13.6 Å². The van der Waals surface area contributed by atoms with Crippen LogP contribution in [0.2, 0.25) is 0 Å². The summed E-state index contributed by atoms with van der Waals surface area (Å²) in [6.07, 6.45) is 1.27. The predicted octanol–water partition coefficient (Wildman–Crippen LogP) is 2.15. The van der Waals surface area contributed by atoms with Gasteiger partial charge in [0, 0.05) is 19.0 Å². The molecule has 0 unspecified atom stereocenters. The molecule has 0 radical (unpaired) electrons. The van der Waals surface area contributed by atoms with Crippen LogP contribution in [0.1, 0.15) is 18.1 Å². The van der Waals surface area contributed by atoms with E-state index in [2.05, 4.69) is 25.8 Å². The van der Waals surface area contributed by atoms with Crippen molar-refractivity contribution in [2.24, 2.45) is 0 Å². The highest BCUT2D eigenvalue weighted by Crippen LogP contribution is 2.14. The highest BCUT2D eigenvalue weighted by molar-refractivity contribution is 5.89. The maximum Gasteiger partial charge on any atom is 0.319 e. The van der Waals surface area contributed by atoms with Gasteiger partial charge in [-0.2, -0.15) is 5.10 Å². The zero-order valence-corrected chi connectivity index (χ0v) is 11.4. The summed E-state index contributed by atoms with van der Waals surface area (Å²) in [6, 6.07) is 2.40. The molecule has 0 aliphatic rings. The van der Waals surface area contributed by atoms with Crippen LogP contribution in [-0.4, -0.2) is 27.8 Å². The fourth-order valence-electron chi connectivity index (χ4n) is 1.71. The standard InChI is InChI=1S/C13H15F2N5O/c1-8-17-12(20-19-8)3-2-6-16-13(21)18-11-5-4-9(14)7-10(11)15/h4-5,7H,2-3,6H2,1H3,(H2,16,18,21)(H,17,19,20). The average Bonchev–Trinajstić information content (AvgIpc) is 2.84. The van der Waals surface area contributed by atoms with Crippen molar-refractivity contribution in [3.05, 3.63) is 41.5 Å². The number of rotatable bonds is 5. The number of anilines is 1. The normalized spacial score (nSPS) is 10.4. The van der Waals surface area contributed by atoms with Gasteiger partial charge >= 0.3 is 6.03 Å². The molecule has 0 aliphatic carbocycles. The lowest BCUT2D eigenvalue weighted by molar-refractivity contribution is 0.252. The second-order valence-electron chi connectivity index (χ2n) is 4.45. The molecular formula is C13H15F2N5O. The van der Waals surface area contributed by atoms with Crippen molar-refractivity contribution >= 4 is 11.7 Å². The third-order valence-corrected chi connectivity index (χ3v) is 2.69. The predicted molar refractivity (Wildman–Crippen MR) is 72.8 cm³/mol. The Morgan fingerprint density at radius 2 is 2.19 bits per heavy atom. The molecule has 21 heavy (non-hydrogen) atoms. The van der Waals surface area contributed by atoms with Crippen LogP contribution in [0.25, 0.3) is 0 Å². The monoisotopic (exact) mass is 295 g/mol. The summed E-state index contributed by atoms with van der Waals surface area (Å²) in [5, 5.41) is 11.6. The van der Waals surface area contributed by atoms with Crippen LogP contribution >= 0.6 is 0 Å². The number of aryl methyl sites for hydroxylation is 2. The highest BCUT2D eigenvalue weighted by Gasteiger charge is 2.07. The molecule has 0 saturated carbocycles. The Morgan fingerprint density at radius 1 is 1.38 bits per heavy atom. The smallest absolute Gasteiger partial charge is 0.319 e. The first kappa shape index (κ1) is 14.9. The Bertz CT molecular complexity index is 629. The van der Waals surface area contributed by atoms with Gasteiger partial charge in [-0.15, -0.1) is 0 Å². The van der Waals surface area contributed by atoms with Gasteiger partial charge in [-0.3, -0.25) is 5.10 Å². The van der Waals surface area contributed by atoms with Crippen LogP contribution in [0.5, 0.6) is 0 Å². The molecule has 0 aliphatic heterocycles. The largest absolute Gasteiger partial charge is 0.338 e. The third kappa shape index (κ3) is 4.51. The summed E-state index contributed by atoms with van der Waals surface area (Å²) in [6.45, 7) is 2.20. The number of halogens is 2. The van der Waals surface area contributed by atoms with E-state index in [1.54, 1.807) is 6.92 Å². The summed E-state index contributed by atoms with van der Waals surface area (Å²) in [4.78, 5) is 15.7. The number of H-pyrrole nitrogens is 1. The van der Waals surface area contributed by atoms with E-state index in [0.717, 1.165) is 11.9 Å². The molecule has 6 nitrogen and oxygen atoms in total. The maximum atomic E-state index is 13.3. The van der Waals surface area contributed by atoms with Gasteiger partial charge in [0.25, 0.3) is 0 Å². The number of carbonyl (C=O) groups excluding carboxylic acids is 1. The number of carbonyl (C=O) groups is 1. The second kappa shape index (κ2) is 6.78. The first-order chi connectivity index (χ1) is 10.0. The van der Waals surface area contributed by atoms with E-state index >= 15 is 0 Å². The van der Waals surface area contributed by atoms with Crippen molar-refractivity contribution in [3.8, 4) is 0 Å². The van der Waals surface area contributed by atoms with E-state index < -0.39 is 17.7 Å². The van der Waals surface area contributed by atoms with Crippen molar-refractivity contribution in [2.75, 3.05) is 11.9 Å². The molecule has 0 saturated heterocycles.